The van der Waals surface area contributed by atoms with E-state index in [2.05, 4.69) is 10.4 Å². The Morgan fingerprint density at radius 1 is 1.24 bits per heavy atom. The average Bonchev–Trinajstić information content (AvgIpc) is 2.97. The lowest BCUT2D eigenvalue weighted by Crippen LogP contribution is -2.13. The lowest BCUT2D eigenvalue weighted by molar-refractivity contribution is -0.113. The number of halogens is 1. The molecule has 3 rings (SSSR count). The van der Waals surface area contributed by atoms with Gasteiger partial charge in [0, 0.05) is 5.69 Å². The summed E-state index contributed by atoms with van der Waals surface area (Å²) in [5.74, 6) is -0.185. The molecule has 0 bridgehead atoms. The number of anilines is 1. The number of hydrogen-bond donors (Lipinski definition) is 1. The van der Waals surface area contributed by atoms with Crippen LogP contribution in [0.2, 0.25) is 0 Å². The van der Waals surface area contributed by atoms with Crippen LogP contribution >= 0.6 is 35.3 Å². The third-order valence-corrected chi connectivity index (χ3v) is 5.63. The van der Waals surface area contributed by atoms with Crippen molar-refractivity contribution in [3.05, 3.63) is 63.9 Å². The summed E-state index contributed by atoms with van der Waals surface area (Å²) in [5.41, 5.74) is 2.60. The van der Waals surface area contributed by atoms with E-state index in [1.165, 1.54) is 35.2 Å². The van der Waals surface area contributed by atoms with Crippen molar-refractivity contribution in [2.24, 2.45) is 0 Å². The highest BCUT2D eigenvalue weighted by Gasteiger charge is 2.09. The van der Waals surface area contributed by atoms with Gasteiger partial charge in [0.2, 0.25) is 5.91 Å². The van der Waals surface area contributed by atoms with Crippen LogP contribution in [-0.2, 0) is 4.79 Å². The topological polar surface area (TPSA) is 46.9 Å². The molecule has 1 N–H and O–H groups in total. The molecule has 1 aromatic heterocycles. The van der Waals surface area contributed by atoms with Crippen LogP contribution in [0.3, 0.4) is 0 Å². The van der Waals surface area contributed by atoms with E-state index in [0.717, 1.165) is 11.3 Å². The Morgan fingerprint density at radius 3 is 2.60 bits per heavy atom. The number of benzene rings is 2. The smallest absolute Gasteiger partial charge is 0.234 e. The molecule has 8 heteroatoms. The van der Waals surface area contributed by atoms with E-state index >= 15 is 0 Å². The minimum atomic E-state index is -0.312. The molecule has 0 radical (unpaired) electrons. The number of thioether (sulfide) groups is 1. The number of rotatable bonds is 5. The Bertz CT molecular complexity index is 933. The van der Waals surface area contributed by atoms with Gasteiger partial charge in [0.1, 0.15) is 5.82 Å². The van der Waals surface area contributed by atoms with E-state index < -0.39 is 0 Å². The fourth-order valence-corrected chi connectivity index (χ4v) is 4.19. The van der Waals surface area contributed by atoms with Gasteiger partial charge in [0.25, 0.3) is 0 Å². The van der Waals surface area contributed by atoms with E-state index in [1.54, 1.807) is 16.8 Å². The number of aryl methyl sites for hydroxylation is 1. The zero-order valence-electron chi connectivity index (χ0n) is 13.2. The van der Waals surface area contributed by atoms with Crippen molar-refractivity contribution >= 4 is 46.9 Å². The van der Waals surface area contributed by atoms with Gasteiger partial charge >= 0.3 is 0 Å². The summed E-state index contributed by atoms with van der Waals surface area (Å²) in [6, 6.07) is 13.6. The zero-order chi connectivity index (χ0) is 17.8. The standard InChI is InChI=1S/C17H14FN3OS3/c1-11-2-6-13(7-3-11)19-15(22)10-24-16-20-21(17(23)25-16)14-8-4-12(18)5-9-14/h2-9H,10H2,1H3,(H,19,22). The molecule has 0 unspecified atom stereocenters. The van der Waals surface area contributed by atoms with Crippen LogP contribution in [0.25, 0.3) is 5.69 Å². The first-order valence-electron chi connectivity index (χ1n) is 7.37. The average molecular weight is 392 g/mol. The molecule has 1 amide bonds. The molecule has 4 nitrogen and oxygen atoms in total. The molecular formula is C17H14FN3OS3. The number of carbonyl (C=O) groups is 1. The second kappa shape index (κ2) is 7.90. The summed E-state index contributed by atoms with van der Waals surface area (Å²) in [6.07, 6.45) is 0. The van der Waals surface area contributed by atoms with Crippen molar-refractivity contribution < 1.29 is 9.18 Å². The van der Waals surface area contributed by atoms with Crippen molar-refractivity contribution in [1.82, 2.24) is 9.78 Å². The second-order valence-electron chi connectivity index (χ2n) is 5.22. The van der Waals surface area contributed by atoms with Gasteiger partial charge in [0.05, 0.1) is 11.4 Å². The Balaban J connectivity index is 1.63. The SMILES string of the molecule is Cc1ccc(NC(=O)CSc2nn(-c3ccc(F)cc3)c(=S)s2)cc1. The van der Waals surface area contributed by atoms with Gasteiger partial charge < -0.3 is 5.32 Å². The molecule has 0 aliphatic carbocycles. The minimum Gasteiger partial charge on any atom is -0.325 e. The number of aromatic nitrogens is 2. The molecule has 3 aromatic rings. The maximum absolute atomic E-state index is 13.0. The first-order valence-corrected chi connectivity index (χ1v) is 9.58. The molecule has 25 heavy (non-hydrogen) atoms. The Hall–Kier alpha value is -2.03. The highest BCUT2D eigenvalue weighted by molar-refractivity contribution is 8.01. The van der Waals surface area contributed by atoms with Gasteiger partial charge in [-0.2, -0.15) is 0 Å². The van der Waals surface area contributed by atoms with Gasteiger partial charge in [-0.15, -0.1) is 5.10 Å². The van der Waals surface area contributed by atoms with Gasteiger partial charge in [0.15, 0.2) is 8.29 Å². The lowest BCUT2D eigenvalue weighted by Gasteiger charge is -2.04. The van der Waals surface area contributed by atoms with Gasteiger partial charge in [-0.3, -0.25) is 4.79 Å². The molecule has 2 aromatic carbocycles. The highest BCUT2D eigenvalue weighted by atomic mass is 32.2. The highest BCUT2D eigenvalue weighted by Crippen LogP contribution is 2.24. The predicted molar refractivity (Wildman–Crippen MR) is 103 cm³/mol. The number of nitrogens with zero attached hydrogens (tertiary/aromatic N) is 2. The maximum Gasteiger partial charge on any atom is 0.234 e. The fraction of sp³-hybridized carbons (Fsp3) is 0.118. The third-order valence-electron chi connectivity index (χ3n) is 3.26. The van der Waals surface area contributed by atoms with Crippen LogP contribution in [0.1, 0.15) is 5.56 Å². The zero-order valence-corrected chi connectivity index (χ0v) is 15.7. The summed E-state index contributed by atoms with van der Waals surface area (Å²) in [6.45, 7) is 1.99. The summed E-state index contributed by atoms with van der Waals surface area (Å²) in [5, 5.41) is 7.23. The van der Waals surface area contributed by atoms with E-state index in [9.17, 15) is 9.18 Å². The molecule has 0 aliphatic heterocycles. The van der Waals surface area contributed by atoms with Crippen LogP contribution in [-0.4, -0.2) is 21.4 Å². The van der Waals surface area contributed by atoms with Gasteiger partial charge in [-0.05, 0) is 55.5 Å². The van der Waals surface area contributed by atoms with Crippen molar-refractivity contribution in [3.63, 3.8) is 0 Å². The van der Waals surface area contributed by atoms with Crippen molar-refractivity contribution in [3.8, 4) is 5.69 Å². The summed E-state index contributed by atoms with van der Waals surface area (Å²) in [4.78, 5) is 12.0. The molecule has 0 aliphatic rings. The Labute approximate surface area is 157 Å². The van der Waals surface area contributed by atoms with Gasteiger partial charge in [-0.25, -0.2) is 9.07 Å². The van der Waals surface area contributed by atoms with Crippen molar-refractivity contribution in [2.45, 2.75) is 11.3 Å². The van der Waals surface area contributed by atoms with E-state index in [-0.39, 0.29) is 17.5 Å². The Kier molecular flexibility index (Phi) is 5.62. The predicted octanol–water partition coefficient (Wildman–Crippen LogP) is 4.84. The fourth-order valence-electron chi connectivity index (χ4n) is 2.03. The van der Waals surface area contributed by atoms with Crippen LogP contribution < -0.4 is 5.32 Å². The summed E-state index contributed by atoms with van der Waals surface area (Å²) >= 11 is 7.93. The molecule has 0 spiro atoms. The molecular weight excluding hydrogens is 377 g/mol. The quantitative estimate of drug-likeness (QED) is 0.499. The van der Waals surface area contributed by atoms with E-state index in [1.807, 2.05) is 31.2 Å². The summed E-state index contributed by atoms with van der Waals surface area (Å²) in [7, 11) is 0. The third kappa shape index (κ3) is 4.75. The van der Waals surface area contributed by atoms with E-state index in [0.29, 0.717) is 14.0 Å². The molecule has 128 valence electrons. The molecule has 0 saturated heterocycles. The van der Waals surface area contributed by atoms with Crippen LogP contribution in [0.4, 0.5) is 10.1 Å². The molecule has 0 saturated carbocycles. The van der Waals surface area contributed by atoms with Crippen LogP contribution in [0.5, 0.6) is 0 Å². The normalized spacial score (nSPS) is 10.6. The van der Waals surface area contributed by atoms with Crippen molar-refractivity contribution in [2.75, 3.05) is 11.1 Å². The summed E-state index contributed by atoms with van der Waals surface area (Å²) < 4.78 is 15.8. The van der Waals surface area contributed by atoms with Gasteiger partial charge in [-0.1, -0.05) is 40.8 Å². The van der Waals surface area contributed by atoms with Crippen molar-refractivity contribution in [1.29, 1.82) is 0 Å². The Morgan fingerprint density at radius 2 is 1.92 bits per heavy atom. The molecule has 0 atom stereocenters. The number of amides is 1. The van der Waals surface area contributed by atoms with Crippen LogP contribution in [0, 0.1) is 16.7 Å². The number of carbonyl (C=O) groups excluding carboxylic acids is 1. The monoisotopic (exact) mass is 391 g/mol. The number of nitrogens with one attached hydrogen (secondary N) is 1. The second-order valence-corrected chi connectivity index (χ2v) is 8.07. The lowest BCUT2D eigenvalue weighted by atomic mass is 10.2. The first kappa shape index (κ1) is 17.8. The van der Waals surface area contributed by atoms with E-state index in [4.69, 9.17) is 12.2 Å². The largest absolute Gasteiger partial charge is 0.325 e. The van der Waals surface area contributed by atoms with Crippen LogP contribution in [0.15, 0.2) is 52.9 Å². The first-order chi connectivity index (χ1) is 12.0. The molecule has 1 heterocycles. The molecule has 0 fully saturated rings. The minimum absolute atomic E-state index is 0.108. The number of hydrogen-bond acceptors (Lipinski definition) is 5. The maximum atomic E-state index is 13.0.